The van der Waals surface area contributed by atoms with Crippen molar-refractivity contribution in [1.82, 2.24) is 4.90 Å². The van der Waals surface area contributed by atoms with Gasteiger partial charge in [-0.05, 0) is 36.6 Å². The molecule has 0 aliphatic rings. The smallest absolute Gasteiger partial charge is 0.323 e. The Hall–Kier alpha value is -2.04. The van der Waals surface area contributed by atoms with E-state index in [1.165, 1.54) is 11.9 Å². The van der Waals surface area contributed by atoms with E-state index < -0.39 is 5.97 Å². The summed E-state index contributed by atoms with van der Waals surface area (Å²) >= 11 is 0. The summed E-state index contributed by atoms with van der Waals surface area (Å²) in [5.41, 5.74) is 2.80. The molecule has 0 spiro atoms. The maximum atomic E-state index is 11.9. The molecule has 1 rings (SSSR count). The van der Waals surface area contributed by atoms with E-state index in [4.69, 9.17) is 9.84 Å². The van der Waals surface area contributed by atoms with Gasteiger partial charge in [0.1, 0.15) is 12.3 Å². The molecule has 0 heterocycles. The third-order valence-corrected chi connectivity index (χ3v) is 2.99. The lowest BCUT2D eigenvalue weighted by atomic mass is 10.0. The second-order valence-corrected chi connectivity index (χ2v) is 4.57. The minimum absolute atomic E-state index is 0.195. The summed E-state index contributed by atoms with van der Waals surface area (Å²) in [6, 6.07) is 3.79. The molecule has 0 saturated heterocycles. The number of aliphatic carboxylic acids is 1. The molecule has 0 aliphatic carbocycles. The lowest BCUT2D eigenvalue weighted by Crippen LogP contribution is -2.33. The molecular formula is C14H19NO4. The number of carbonyl (C=O) groups excluding carboxylic acids is 1. The molecular weight excluding hydrogens is 246 g/mol. The lowest BCUT2D eigenvalue weighted by molar-refractivity contribution is -0.143. The maximum Gasteiger partial charge on any atom is 0.323 e. The molecule has 19 heavy (non-hydrogen) atoms. The van der Waals surface area contributed by atoms with Crippen LogP contribution in [0, 0.1) is 13.8 Å². The molecule has 5 heteroatoms. The number of methoxy groups -OCH3 is 1. The first-order valence-corrected chi connectivity index (χ1v) is 5.95. The van der Waals surface area contributed by atoms with Gasteiger partial charge in [0.05, 0.1) is 13.5 Å². The van der Waals surface area contributed by atoms with Crippen LogP contribution in [0.3, 0.4) is 0 Å². The number of rotatable bonds is 5. The Labute approximate surface area is 112 Å². The summed E-state index contributed by atoms with van der Waals surface area (Å²) in [6.07, 6.45) is 0.195. The minimum atomic E-state index is -1.02. The monoisotopic (exact) mass is 265 g/mol. The molecule has 0 unspecified atom stereocenters. The summed E-state index contributed by atoms with van der Waals surface area (Å²) in [6.45, 7) is 3.53. The third-order valence-electron chi connectivity index (χ3n) is 2.99. The van der Waals surface area contributed by atoms with E-state index in [1.54, 1.807) is 7.11 Å². The molecule has 0 bridgehead atoms. The van der Waals surface area contributed by atoms with Crippen molar-refractivity contribution < 1.29 is 19.4 Å². The molecule has 0 aliphatic heterocycles. The van der Waals surface area contributed by atoms with Gasteiger partial charge in [0.2, 0.25) is 5.91 Å². The molecule has 1 aromatic carbocycles. The first-order valence-electron chi connectivity index (χ1n) is 5.95. The Morgan fingerprint density at radius 2 is 1.89 bits per heavy atom. The van der Waals surface area contributed by atoms with Crippen LogP contribution in [-0.4, -0.2) is 42.6 Å². The van der Waals surface area contributed by atoms with E-state index in [9.17, 15) is 9.59 Å². The third kappa shape index (κ3) is 3.98. The van der Waals surface area contributed by atoms with Gasteiger partial charge >= 0.3 is 5.97 Å². The number of hydrogen-bond donors (Lipinski definition) is 1. The summed E-state index contributed by atoms with van der Waals surface area (Å²) in [7, 11) is 3.09. The Balaban J connectivity index is 2.85. The predicted octanol–water partition coefficient (Wildman–Crippen LogP) is 1.40. The Bertz CT molecular complexity index is 496. The van der Waals surface area contributed by atoms with Crippen LogP contribution < -0.4 is 4.74 Å². The van der Waals surface area contributed by atoms with Crippen molar-refractivity contribution in [2.45, 2.75) is 20.3 Å². The fourth-order valence-corrected chi connectivity index (χ4v) is 1.85. The highest BCUT2D eigenvalue weighted by molar-refractivity contribution is 5.83. The number of amides is 1. The second kappa shape index (κ2) is 6.22. The number of nitrogens with zero attached hydrogens (tertiary/aromatic N) is 1. The zero-order chi connectivity index (χ0) is 14.6. The molecule has 0 saturated carbocycles. The molecule has 1 aromatic rings. The highest BCUT2D eigenvalue weighted by Gasteiger charge is 2.14. The average molecular weight is 265 g/mol. The molecule has 5 nitrogen and oxygen atoms in total. The van der Waals surface area contributed by atoms with E-state index in [0.29, 0.717) is 0 Å². The van der Waals surface area contributed by atoms with Crippen LogP contribution >= 0.6 is 0 Å². The summed E-state index contributed by atoms with van der Waals surface area (Å²) in [5, 5.41) is 8.66. The van der Waals surface area contributed by atoms with Gasteiger partial charge in [-0.25, -0.2) is 0 Å². The zero-order valence-electron chi connectivity index (χ0n) is 11.7. The Morgan fingerprint density at radius 3 is 2.42 bits per heavy atom. The predicted molar refractivity (Wildman–Crippen MR) is 71.4 cm³/mol. The number of benzene rings is 1. The Morgan fingerprint density at radius 1 is 1.26 bits per heavy atom. The fraction of sp³-hybridized carbons (Fsp3) is 0.429. The first kappa shape index (κ1) is 15.0. The topological polar surface area (TPSA) is 66.8 Å². The molecule has 0 fully saturated rings. The molecule has 1 amide bonds. The van der Waals surface area contributed by atoms with Crippen LogP contribution in [0.1, 0.15) is 16.7 Å². The number of aryl methyl sites for hydroxylation is 2. The van der Waals surface area contributed by atoms with E-state index in [0.717, 1.165) is 22.4 Å². The van der Waals surface area contributed by atoms with Gasteiger partial charge in [-0.15, -0.1) is 0 Å². The van der Waals surface area contributed by atoms with Crippen molar-refractivity contribution in [3.05, 3.63) is 28.8 Å². The molecule has 104 valence electrons. The van der Waals surface area contributed by atoms with Crippen LogP contribution in [0.5, 0.6) is 5.75 Å². The van der Waals surface area contributed by atoms with E-state index in [1.807, 2.05) is 26.0 Å². The molecule has 0 radical (unpaired) electrons. The first-order chi connectivity index (χ1) is 8.85. The van der Waals surface area contributed by atoms with Gasteiger partial charge in [-0.3, -0.25) is 9.59 Å². The van der Waals surface area contributed by atoms with Crippen LogP contribution in [0.2, 0.25) is 0 Å². The van der Waals surface area contributed by atoms with E-state index >= 15 is 0 Å². The van der Waals surface area contributed by atoms with Gasteiger partial charge < -0.3 is 14.7 Å². The van der Waals surface area contributed by atoms with Crippen molar-refractivity contribution in [3.8, 4) is 5.75 Å². The van der Waals surface area contributed by atoms with Gasteiger partial charge in [0.15, 0.2) is 0 Å². The van der Waals surface area contributed by atoms with Crippen molar-refractivity contribution in [3.63, 3.8) is 0 Å². The quantitative estimate of drug-likeness (QED) is 0.873. The molecule has 0 atom stereocenters. The number of likely N-dealkylation sites (N-methyl/N-ethyl adjacent to an activating group) is 1. The number of hydrogen-bond acceptors (Lipinski definition) is 3. The second-order valence-electron chi connectivity index (χ2n) is 4.57. The minimum Gasteiger partial charge on any atom is -0.496 e. The zero-order valence-corrected chi connectivity index (χ0v) is 11.7. The molecule has 0 aromatic heterocycles. The van der Waals surface area contributed by atoms with Crippen LogP contribution in [0.25, 0.3) is 0 Å². The van der Waals surface area contributed by atoms with Crippen molar-refractivity contribution in [1.29, 1.82) is 0 Å². The average Bonchev–Trinajstić information content (AvgIpc) is 2.32. The largest absolute Gasteiger partial charge is 0.496 e. The summed E-state index contributed by atoms with van der Waals surface area (Å²) < 4.78 is 5.21. The van der Waals surface area contributed by atoms with E-state index in [2.05, 4.69) is 0 Å². The highest BCUT2D eigenvalue weighted by atomic mass is 16.5. The van der Waals surface area contributed by atoms with Crippen LogP contribution in [0.4, 0.5) is 0 Å². The number of carbonyl (C=O) groups is 2. The van der Waals surface area contributed by atoms with Gasteiger partial charge in [-0.2, -0.15) is 0 Å². The highest BCUT2D eigenvalue weighted by Crippen LogP contribution is 2.23. The summed E-state index contributed by atoms with van der Waals surface area (Å²) in [5.74, 6) is -0.443. The van der Waals surface area contributed by atoms with Gasteiger partial charge in [-0.1, -0.05) is 6.07 Å². The van der Waals surface area contributed by atoms with Gasteiger partial charge in [0.25, 0.3) is 0 Å². The number of ether oxygens (including phenoxy) is 1. The van der Waals surface area contributed by atoms with Crippen molar-refractivity contribution in [2.24, 2.45) is 0 Å². The fourth-order valence-electron chi connectivity index (χ4n) is 1.85. The number of carboxylic acid groups (broad SMARTS) is 1. The SMILES string of the molecule is COc1cc(C)c(CC(=O)N(C)CC(=O)O)cc1C. The number of carboxylic acids is 1. The summed E-state index contributed by atoms with van der Waals surface area (Å²) in [4.78, 5) is 23.7. The Kier molecular flexibility index (Phi) is 4.92. The van der Waals surface area contributed by atoms with Gasteiger partial charge in [0, 0.05) is 7.05 Å². The standard InChI is InChI=1S/C14H19NO4/c1-9-6-12(19-4)10(2)5-11(9)7-13(16)15(3)8-14(17)18/h5-6H,7-8H2,1-4H3,(H,17,18). The van der Waals surface area contributed by atoms with Crippen molar-refractivity contribution in [2.75, 3.05) is 20.7 Å². The lowest BCUT2D eigenvalue weighted by Gasteiger charge is -2.16. The van der Waals surface area contributed by atoms with Crippen molar-refractivity contribution >= 4 is 11.9 Å². The molecule has 1 N–H and O–H groups in total. The normalized spacial score (nSPS) is 10.1. The van der Waals surface area contributed by atoms with E-state index in [-0.39, 0.29) is 18.9 Å². The van der Waals surface area contributed by atoms with Crippen LogP contribution in [-0.2, 0) is 16.0 Å². The van der Waals surface area contributed by atoms with Crippen LogP contribution in [0.15, 0.2) is 12.1 Å². The maximum absolute atomic E-state index is 11.9.